The molecule has 1 aliphatic rings. The second-order valence-electron chi connectivity index (χ2n) is 3.96. The minimum atomic E-state index is 0. The summed E-state index contributed by atoms with van der Waals surface area (Å²) in [7, 11) is 0. The van der Waals surface area contributed by atoms with Crippen molar-refractivity contribution in [1.82, 2.24) is 10.3 Å². The SMILES string of the molecule is CC(NCc1cccnc1Cl)C1CC1.Cl. The molecule has 84 valence electrons. The summed E-state index contributed by atoms with van der Waals surface area (Å²) in [4.78, 5) is 4.04. The van der Waals surface area contributed by atoms with E-state index in [0.717, 1.165) is 18.0 Å². The summed E-state index contributed by atoms with van der Waals surface area (Å²) < 4.78 is 0. The first-order valence-electron chi connectivity index (χ1n) is 5.10. The summed E-state index contributed by atoms with van der Waals surface area (Å²) in [5.41, 5.74) is 1.08. The van der Waals surface area contributed by atoms with Gasteiger partial charge in [0.25, 0.3) is 0 Å². The molecule has 0 radical (unpaired) electrons. The maximum absolute atomic E-state index is 5.95. The summed E-state index contributed by atoms with van der Waals surface area (Å²) in [5.74, 6) is 0.880. The summed E-state index contributed by atoms with van der Waals surface area (Å²) in [5, 5.41) is 4.09. The van der Waals surface area contributed by atoms with Crippen molar-refractivity contribution in [2.75, 3.05) is 0 Å². The highest BCUT2D eigenvalue weighted by molar-refractivity contribution is 6.30. The molecule has 1 atom stereocenters. The van der Waals surface area contributed by atoms with Crippen molar-refractivity contribution in [3.05, 3.63) is 29.0 Å². The molecule has 1 fully saturated rings. The Morgan fingerprint density at radius 2 is 2.33 bits per heavy atom. The molecule has 1 aliphatic carbocycles. The van der Waals surface area contributed by atoms with Crippen molar-refractivity contribution in [3.8, 4) is 0 Å². The Morgan fingerprint density at radius 3 is 2.93 bits per heavy atom. The molecule has 15 heavy (non-hydrogen) atoms. The Bertz CT molecular complexity index is 313. The smallest absolute Gasteiger partial charge is 0.133 e. The molecule has 1 aromatic heterocycles. The van der Waals surface area contributed by atoms with Crippen LogP contribution in [-0.4, -0.2) is 11.0 Å². The van der Waals surface area contributed by atoms with Gasteiger partial charge in [0, 0.05) is 24.3 Å². The first-order chi connectivity index (χ1) is 6.77. The predicted octanol–water partition coefficient (Wildman–Crippen LogP) is 3.04. The molecule has 0 aromatic carbocycles. The van der Waals surface area contributed by atoms with Crippen LogP contribution in [0.1, 0.15) is 25.3 Å². The van der Waals surface area contributed by atoms with E-state index in [9.17, 15) is 0 Å². The minimum absolute atomic E-state index is 0. The van der Waals surface area contributed by atoms with E-state index in [-0.39, 0.29) is 12.4 Å². The van der Waals surface area contributed by atoms with Gasteiger partial charge in [-0.3, -0.25) is 0 Å². The van der Waals surface area contributed by atoms with Gasteiger partial charge in [-0.15, -0.1) is 12.4 Å². The predicted molar refractivity (Wildman–Crippen MR) is 65.5 cm³/mol. The van der Waals surface area contributed by atoms with Gasteiger partial charge in [0.2, 0.25) is 0 Å². The fraction of sp³-hybridized carbons (Fsp3) is 0.545. The number of pyridine rings is 1. The summed E-state index contributed by atoms with van der Waals surface area (Å²) in [6.07, 6.45) is 4.46. The molecule has 2 rings (SSSR count). The van der Waals surface area contributed by atoms with Gasteiger partial charge < -0.3 is 5.32 Å². The normalized spacial score (nSPS) is 16.9. The summed E-state index contributed by atoms with van der Waals surface area (Å²) >= 11 is 5.95. The zero-order chi connectivity index (χ0) is 9.97. The first-order valence-corrected chi connectivity index (χ1v) is 5.48. The fourth-order valence-electron chi connectivity index (χ4n) is 1.59. The number of halogens is 2. The highest BCUT2D eigenvalue weighted by Gasteiger charge is 2.27. The third-order valence-corrected chi connectivity index (χ3v) is 3.12. The standard InChI is InChI=1S/C11H15ClN2.ClH/c1-8(9-4-5-9)14-7-10-3-2-6-13-11(10)12;/h2-3,6,8-9,14H,4-5,7H2,1H3;1H. The van der Waals surface area contributed by atoms with Crippen molar-refractivity contribution in [2.45, 2.75) is 32.4 Å². The van der Waals surface area contributed by atoms with Crippen LogP contribution in [-0.2, 0) is 6.54 Å². The van der Waals surface area contributed by atoms with Crippen LogP contribution in [0.3, 0.4) is 0 Å². The zero-order valence-electron chi connectivity index (χ0n) is 8.74. The van der Waals surface area contributed by atoms with Crippen molar-refractivity contribution >= 4 is 24.0 Å². The quantitative estimate of drug-likeness (QED) is 0.827. The van der Waals surface area contributed by atoms with Gasteiger partial charge in [-0.05, 0) is 31.7 Å². The maximum atomic E-state index is 5.95. The van der Waals surface area contributed by atoms with Crippen LogP contribution in [0.15, 0.2) is 18.3 Å². The number of nitrogens with one attached hydrogen (secondary N) is 1. The lowest BCUT2D eigenvalue weighted by atomic mass is 10.2. The Balaban J connectivity index is 0.00000112. The van der Waals surface area contributed by atoms with Gasteiger partial charge in [0.1, 0.15) is 5.15 Å². The molecule has 1 unspecified atom stereocenters. The Kier molecular flexibility index (Phi) is 4.84. The van der Waals surface area contributed by atoms with E-state index in [1.54, 1.807) is 6.20 Å². The molecule has 4 heteroatoms. The number of hydrogen-bond donors (Lipinski definition) is 1. The molecule has 0 aliphatic heterocycles. The fourth-order valence-corrected chi connectivity index (χ4v) is 1.77. The van der Waals surface area contributed by atoms with Gasteiger partial charge in [-0.1, -0.05) is 17.7 Å². The molecule has 0 amide bonds. The average molecular weight is 247 g/mol. The molecule has 2 nitrogen and oxygen atoms in total. The second-order valence-corrected chi connectivity index (χ2v) is 4.32. The molecular formula is C11H16Cl2N2. The van der Waals surface area contributed by atoms with E-state index in [1.807, 2.05) is 12.1 Å². The van der Waals surface area contributed by atoms with Crippen molar-refractivity contribution < 1.29 is 0 Å². The number of nitrogens with zero attached hydrogens (tertiary/aromatic N) is 1. The highest BCUT2D eigenvalue weighted by Crippen LogP contribution is 2.32. The molecule has 1 aromatic rings. The van der Waals surface area contributed by atoms with E-state index >= 15 is 0 Å². The van der Waals surface area contributed by atoms with Crippen LogP contribution >= 0.6 is 24.0 Å². The van der Waals surface area contributed by atoms with Crippen molar-refractivity contribution in [3.63, 3.8) is 0 Å². The van der Waals surface area contributed by atoms with E-state index in [0.29, 0.717) is 11.2 Å². The average Bonchev–Trinajstić information content (AvgIpc) is 2.99. The number of rotatable bonds is 4. The van der Waals surface area contributed by atoms with Crippen molar-refractivity contribution in [1.29, 1.82) is 0 Å². The van der Waals surface area contributed by atoms with Crippen LogP contribution in [0.4, 0.5) is 0 Å². The molecule has 1 saturated carbocycles. The first kappa shape index (κ1) is 12.8. The Hall–Kier alpha value is -0.310. The highest BCUT2D eigenvalue weighted by atomic mass is 35.5. The van der Waals surface area contributed by atoms with Crippen LogP contribution in [0.5, 0.6) is 0 Å². The lowest BCUT2D eigenvalue weighted by Crippen LogP contribution is -2.27. The largest absolute Gasteiger partial charge is 0.310 e. The van der Waals surface area contributed by atoms with E-state index in [2.05, 4.69) is 17.2 Å². The van der Waals surface area contributed by atoms with Crippen molar-refractivity contribution in [2.24, 2.45) is 5.92 Å². The summed E-state index contributed by atoms with van der Waals surface area (Å²) in [6.45, 7) is 3.06. The number of hydrogen-bond acceptors (Lipinski definition) is 2. The Labute approximate surface area is 102 Å². The van der Waals surface area contributed by atoms with Gasteiger partial charge in [0.05, 0.1) is 0 Å². The lowest BCUT2D eigenvalue weighted by molar-refractivity contribution is 0.496. The third-order valence-electron chi connectivity index (χ3n) is 2.78. The Morgan fingerprint density at radius 1 is 1.60 bits per heavy atom. The maximum Gasteiger partial charge on any atom is 0.133 e. The molecule has 0 spiro atoms. The van der Waals surface area contributed by atoms with Gasteiger partial charge >= 0.3 is 0 Å². The van der Waals surface area contributed by atoms with Gasteiger partial charge in [0.15, 0.2) is 0 Å². The molecule has 0 saturated heterocycles. The van der Waals surface area contributed by atoms with Crippen LogP contribution in [0, 0.1) is 5.92 Å². The molecule has 0 bridgehead atoms. The third kappa shape index (κ3) is 3.63. The summed E-state index contributed by atoms with van der Waals surface area (Å²) in [6, 6.07) is 4.54. The monoisotopic (exact) mass is 246 g/mol. The molecule has 1 N–H and O–H groups in total. The van der Waals surface area contributed by atoms with Crippen LogP contribution in [0.25, 0.3) is 0 Å². The second kappa shape index (κ2) is 5.69. The number of aromatic nitrogens is 1. The van der Waals surface area contributed by atoms with Gasteiger partial charge in [-0.2, -0.15) is 0 Å². The lowest BCUT2D eigenvalue weighted by Gasteiger charge is -2.12. The van der Waals surface area contributed by atoms with Crippen LogP contribution < -0.4 is 5.32 Å². The van der Waals surface area contributed by atoms with E-state index in [4.69, 9.17) is 11.6 Å². The minimum Gasteiger partial charge on any atom is -0.310 e. The topological polar surface area (TPSA) is 24.9 Å². The van der Waals surface area contributed by atoms with Gasteiger partial charge in [-0.25, -0.2) is 4.98 Å². The van der Waals surface area contributed by atoms with E-state index in [1.165, 1.54) is 12.8 Å². The molecule has 1 heterocycles. The van der Waals surface area contributed by atoms with E-state index < -0.39 is 0 Å². The van der Waals surface area contributed by atoms with Crippen LogP contribution in [0.2, 0.25) is 5.15 Å². The molecular weight excluding hydrogens is 231 g/mol. The zero-order valence-corrected chi connectivity index (χ0v) is 10.3.